The number of esters is 1. The Kier molecular flexibility index (Phi) is 5.19. The molecule has 0 radical (unpaired) electrons. The number of carbonyl (C=O) groups is 2. The van der Waals surface area contributed by atoms with Gasteiger partial charge in [0.05, 0.1) is 11.1 Å². The van der Waals surface area contributed by atoms with Crippen molar-refractivity contribution in [3.8, 4) is 11.5 Å². The molecule has 1 amide bonds. The lowest BCUT2D eigenvalue weighted by Gasteiger charge is -2.28. The van der Waals surface area contributed by atoms with Crippen molar-refractivity contribution in [2.24, 2.45) is 0 Å². The van der Waals surface area contributed by atoms with Crippen LogP contribution in [0.5, 0.6) is 0 Å². The normalized spacial score (nSPS) is 13.1. The van der Waals surface area contributed by atoms with Crippen molar-refractivity contribution >= 4 is 22.8 Å². The second-order valence-corrected chi connectivity index (χ2v) is 7.89. The molecule has 2 aromatic heterocycles. The first-order valence-electron chi connectivity index (χ1n) is 10.6. The van der Waals surface area contributed by atoms with Crippen LogP contribution in [0.15, 0.2) is 71.1 Å². The van der Waals surface area contributed by atoms with Gasteiger partial charge in [-0.15, -0.1) is 0 Å². The van der Waals surface area contributed by atoms with E-state index in [1.807, 2.05) is 61.5 Å². The highest BCUT2D eigenvalue weighted by atomic mass is 16.5. The Morgan fingerprint density at radius 1 is 1.03 bits per heavy atom. The summed E-state index contributed by atoms with van der Waals surface area (Å²) >= 11 is 0. The van der Waals surface area contributed by atoms with Crippen LogP contribution >= 0.6 is 0 Å². The summed E-state index contributed by atoms with van der Waals surface area (Å²) in [5.74, 6) is 0.574. The molecule has 1 aliphatic heterocycles. The van der Waals surface area contributed by atoms with Crippen molar-refractivity contribution < 1.29 is 18.7 Å². The van der Waals surface area contributed by atoms with Crippen LogP contribution in [0.4, 0.5) is 0 Å². The van der Waals surface area contributed by atoms with Gasteiger partial charge in [0.15, 0.2) is 12.4 Å². The maximum Gasteiger partial charge on any atom is 0.339 e. The smallest absolute Gasteiger partial charge is 0.339 e. The summed E-state index contributed by atoms with van der Waals surface area (Å²) in [4.78, 5) is 32.1. The lowest BCUT2D eigenvalue weighted by Crippen LogP contribution is -2.38. The number of aromatic nitrogens is 1. The molecule has 0 saturated heterocycles. The molecule has 0 fully saturated rings. The SMILES string of the molecule is Cc1ccc(-c2cc(C(=O)OCC(=O)N3CCc4ccccc4C3)c3ccccc3n2)o1. The zero-order chi connectivity index (χ0) is 22.1. The Hall–Kier alpha value is -3.93. The van der Waals surface area contributed by atoms with Gasteiger partial charge < -0.3 is 14.1 Å². The number of pyridine rings is 1. The van der Waals surface area contributed by atoms with Gasteiger partial charge in [0, 0.05) is 18.5 Å². The fourth-order valence-electron chi connectivity index (χ4n) is 4.05. The molecule has 0 spiro atoms. The molecule has 0 bridgehead atoms. The fourth-order valence-corrected chi connectivity index (χ4v) is 4.05. The molecular weight excluding hydrogens is 404 g/mol. The van der Waals surface area contributed by atoms with Crippen molar-refractivity contribution in [1.29, 1.82) is 0 Å². The van der Waals surface area contributed by atoms with Crippen molar-refractivity contribution in [3.05, 3.63) is 89.2 Å². The minimum absolute atomic E-state index is 0.201. The molecule has 4 aromatic rings. The summed E-state index contributed by atoms with van der Waals surface area (Å²) in [6, 6.07) is 20.8. The number of aryl methyl sites for hydroxylation is 1. The number of nitrogens with zero attached hydrogens (tertiary/aromatic N) is 2. The van der Waals surface area contributed by atoms with Gasteiger partial charge in [-0.3, -0.25) is 4.79 Å². The molecule has 3 heterocycles. The summed E-state index contributed by atoms with van der Waals surface area (Å²) in [6.45, 7) is 2.71. The van der Waals surface area contributed by atoms with Gasteiger partial charge in [0.1, 0.15) is 11.5 Å². The number of fused-ring (bicyclic) bond motifs is 2. The average molecular weight is 426 g/mol. The van der Waals surface area contributed by atoms with E-state index in [4.69, 9.17) is 9.15 Å². The minimum atomic E-state index is -0.557. The van der Waals surface area contributed by atoms with Crippen LogP contribution < -0.4 is 0 Å². The topological polar surface area (TPSA) is 72.6 Å². The third-order valence-electron chi connectivity index (χ3n) is 5.74. The maximum atomic E-state index is 13.0. The lowest BCUT2D eigenvalue weighted by molar-refractivity contribution is -0.135. The van der Waals surface area contributed by atoms with E-state index in [0.717, 1.165) is 17.7 Å². The standard InChI is InChI=1S/C26H22N2O4/c1-17-10-11-24(32-17)23-14-21(20-8-4-5-9-22(20)27-23)26(30)31-16-25(29)28-13-12-18-6-2-3-7-19(18)15-28/h2-11,14H,12-13,15-16H2,1H3. The molecule has 1 aliphatic rings. The second-order valence-electron chi connectivity index (χ2n) is 7.89. The first-order chi connectivity index (χ1) is 15.6. The number of rotatable bonds is 4. The first-order valence-corrected chi connectivity index (χ1v) is 10.6. The largest absolute Gasteiger partial charge is 0.460 e. The highest BCUT2D eigenvalue weighted by molar-refractivity contribution is 6.05. The molecular formula is C26H22N2O4. The van der Waals surface area contributed by atoms with E-state index in [1.54, 1.807) is 11.0 Å². The zero-order valence-corrected chi connectivity index (χ0v) is 17.7. The van der Waals surface area contributed by atoms with Gasteiger partial charge in [0.25, 0.3) is 5.91 Å². The summed E-state index contributed by atoms with van der Waals surface area (Å²) in [5.41, 5.74) is 3.96. The second kappa shape index (κ2) is 8.30. The van der Waals surface area contributed by atoms with Crippen LogP contribution in [0.1, 0.15) is 27.2 Å². The monoisotopic (exact) mass is 426 g/mol. The molecule has 0 unspecified atom stereocenters. The van der Waals surface area contributed by atoms with Crippen molar-refractivity contribution in [1.82, 2.24) is 9.88 Å². The first kappa shape index (κ1) is 20.0. The quantitative estimate of drug-likeness (QED) is 0.448. The van der Waals surface area contributed by atoms with Gasteiger partial charge in [-0.2, -0.15) is 0 Å². The van der Waals surface area contributed by atoms with E-state index >= 15 is 0 Å². The highest BCUT2D eigenvalue weighted by Gasteiger charge is 2.23. The predicted molar refractivity (Wildman–Crippen MR) is 120 cm³/mol. The van der Waals surface area contributed by atoms with Crippen LogP contribution in [0.25, 0.3) is 22.4 Å². The number of amides is 1. The predicted octanol–water partition coefficient (Wildman–Crippen LogP) is 4.54. The van der Waals surface area contributed by atoms with Crippen molar-refractivity contribution in [2.75, 3.05) is 13.2 Å². The average Bonchev–Trinajstić information content (AvgIpc) is 3.27. The summed E-state index contributed by atoms with van der Waals surface area (Å²) in [7, 11) is 0. The van der Waals surface area contributed by atoms with E-state index in [2.05, 4.69) is 11.1 Å². The number of furan rings is 1. The molecule has 0 saturated carbocycles. The van der Waals surface area contributed by atoms with Crippen LogP contribution in [-0.4, -0.2) is 34.9 Å². The van der Waals surface area contributed by atoms with E-state index in [-0.39, 0.29) is 12.5 Å². The molecule has 32 heavy (non-hydrogen) atoms. The Balaban J connectivity index is 1.35. The Morgan fingerprint density at radius 3 is 2.62 bits per heavy atom. The molecule has 0 atom stereocenters. The Morgan fingerprint density at radius 2 is 1.81 bits per heavy atom. The van der Waals surface area contributed by atoms with Gasteiger partial charge in [0.2, 0.25) is 0 Å². The molecule has 5 rings (SSSR count). The molecule has 6 heteroatoms. The van der Waals surface area contributed by atoms with Crippen LogP contribution in [0.2, 0.25) is 0 Å². The number of hydrogen-bond acceptors (Lipinski definition) is 5. The van der Waals surface area contributed by atoms with E-state index in [0.29, 0.717) is 41.0 Å². The lowest BCUT2D eigenvalue weighted by atomic mass is 10.00. The van der Waals surface area contributed by atoms with Crippen molar-refractivity contribution in [3.63, 3.8) is 0 Å². The number of benzene rings is 2. The Bertz CT molecular complexity index is 1320. The van der Waals surface area contributed by atoms with Gasteiger partial charge in [-0.1, -0.05) is 42.5 Å². The van der Waals surface area contributed by atoms with E-state index in [9.17, 15) is 9.59 Å². The van der Waals surface area contributed by atoms with E-state index < -0.39 is 5.97 Å². The fraction of sp³-hybridized carbons (Fsp3) is 0.192. The molecule has 160 valence electrons. The van der Waals surface area contributed by atoms with Crippen molar-refractivity contribution in [2.45, 2.75) is 19.9 Å². The number of para-hydroxylation sites is 1. The van der Waals surface area contributed by atoms with Gasteiger partial charge >= 0.3 is 5.97 Å². The molecule has 0 N–H and O–H groups in total. The maximum absolute atomic E-state index is 13.0. The zero-order valence-electron chi connectivity index (χ0n) is 17.7. The minimum Gasteiger partial charge on any atom is -0.460 e. The van der Waals surface area contributed by atoms with Gasteiger partial charge in [-0.05, 0) is 48.7 Å². The van der Waals surface area contributed by atoms with Gasteiger partial charge in [-0.25, -0.2) is 9.78 Å². The third-order valence-corrected chi connectivity index (χ3v) is 5.74. The number of carbonyl (C=O) groups excluding carboxylic acids is 2. The van der Waals surface area contributed by atoms with Crippen LogP contribution in [0, 0.1) is 6.92 Å². The third kappa shape index (κ3) is 3.87. The molecule has 6 nitrogen and oxygen atoms in total. The van der Waals surface area contributed by atoms with Crippen LogP contribution in [-0.2, 0) is 22.5 Å². The summed E-state index contributed by atoms with van der Waals surface area (Å²) in [5, 5.41) is 0.670. The number of hydrogen-bond donors (Lipinski definition) is 0. The summed E-state index contributed by atoms with van der Waals surface area (Å²) < 4.78 is 11.1. The summed E-state index contributed by atoms with van der Waals surface area (Å²) in [6.07, 6.45) is 0.802. The molecule has 2 aromatic carbocycles. The van der Waals surface area contributed by atoms with Crippen LogP contribution in [0.3, 0.4) is 0 Å². The van der Waals surface area contributed by atoms with E-state index in [1.165, 1.54) is 5.56 Å². The number of ether oxygens (including phenoxy) is 1. The highest BCUT2D eigenvalue weighted by Crippen LogP contribution is 2.27. The Labute approximate surface area is 185 Å². The molecule has 0 aliphatic carbocycles.